The molecule has 131 heavy (non-hydrogen) atoms. The molecule has 43 nitrogen and oxygen atoms in total. The SMILES string of the molecule is CCCC[C@H]1C(=O)N(C)[C@@H](CCCC)C(=O)N[C@@H](CCCNC(=N)N)C(=O)N[C@H](C(=O)NCC(N)=O)CSCC(=O)N[C@@H](Cc2ccccc2)C(=O)N(C)[C@@H](C)C(=O)N[C@@H](CC(N)=O)C(=O)N2CCC[C@H]2C(=O)N[C@@H](Cc2cnc[nH]2)C(=O)N[C@@H](C(C)O)C(=O)N(C)CC(=O)N[C@@H](Cc2c[nH]c3ccccc23)C(=O)N[C@@H](CO)C(=O)N[C@@H](Cc2c[nH]c3ccccc23)C(=O)N1C. The van der Waals surface area contributed by atoms with Crippen LogP contribution in [0.25, 0.3) is 21.8 Å². The average Bonchev–Trinajstić information content (AvgIpc) is 1.73. The topological polar surface area (TPSA) is 641 Å². The van der Waals surface area contributed by atoms with Crippen molar-refractivity contribution in [2.45, 2.75) is 209 Å². The van der Waals surface area contributed by atoms with Gasteiger partial charge >= 0.3 is 0 Å². The number of aliphatic hydroxyl groups is 2. The number of unbranched alkanes of at least 4 members (excludes halogenated alkanes) is 2. The summed E-state index contributed by atoms with van der Waals surface area (Å²) >= 11 is 0.786. The minimum absolute atomic E-state index is 0.00412. The number of nitrogens with zero attached hydrogens (tertiary/aromatic N) is 6. The molecule has 3 aromatic carbocycles. The molecule has 2 aliphatic heterocycles. The lowest BCUT2D eigenvalue weighted by atomic mass is 10.00. The zero-order valence-electron chi connectivity index (χ0n) is 74.6. The summed E-state index contributed by atoms with van der Waals surface area (Å²) in [5, 5.41) is 60.0. The molecule has 2 aliphatic rings. The summed E-state index contributed by atoms with van der Waals surface area (Å²) in [6, 6.07) is 1.90. The molecule has 17 amide bonds. The second kappa shape index (κ2) is 49.9. The second-order valence-corrected chi connectivity index (χ2v) is 33.7. The molecular formula is C87H122N24O19S. The van der Waals surface area contributed by atoms with Crippen LogP contribution in [0.5, 0.6) is 0 Å². The van der Waals surface area contributed by atoms with Crippen molar-refractivity contribution in [2.75, 3.05) is 72.5 Å². The van der Waals surface area contributed by atoms with E-state index in [-0.39, 0.29) is 83.0 Å². The van der Waals surface area contributed by atoms with Crippen LogP contribution in [0.4, 0.5) is 0 Å². The van der Waals surface area contributed by atoms with Crippen molar-refractivity contribution in [3.63, 3.8) is 0 Å². The van der Waals surface area contributed by atoms with Crippen LogP contribution in [0.2, 0.25) is 0 Å². The summed E-state index contributed by atoms with van der Waals surface area (Å²) in [6.07, 6.45) is 3.86. The zero-order chi connectivity index (χ0) is 95.9. The summed E-state index contributed by atoms with van der Waals surface area (Å²) in [4.78, 5) is 266. The van der Waals surface area contributed by atoms with E-state index in [4.69, 9.17) is 22.6 Å². The van der Waals surface area contributed by atoms with Gasteiger partial charge in [-0.15, -0.1) is 11.8 Å². The quantitative estimate of drug-likeness (QED) is 0.0148. The maximum absolute atomic E-state index is 15.7. The van der Waals surface area contributed by atoms with Crippen molar-refractivity contribution in [1.29, 1.82) is 5.41 Å². The lowest BCUT2D eigenvalue weighted by Crippen LogP contribution is -2.61. The highest BCUT2D eigenvalue weighted by atomic mass is 32.2. The number of aromatic nitrogens is 4. The number of carbonyl (C=O) groups excluding carboxylic acids is 17. The Morgan fingerprint density at radius 2 is 1.09 bits per heavy atom. The Morgan fingerprint density at radius 1 is 0.550 bits per heavy atom. The van der Waals surface area contributed by atoms with Gasteiger partial charge in [0.2, 0.25) is 100 Å². The summed E-state index contributed by atoms with van der Waals surface area (Å²) < 4.78 is 0. The number of aliphatic hydroxyl groups excluding tert-OH is 2. The van der Waals surface area contributed by atoms with Crippen molar-refractivity contribution in [1.82, 2.24) is 103 Å². The van der Waals surface area contributed by atoms with Crippen molar-refractivity contribution >= 4 is 140 Å². The van der Waals surface area contributed by atoms with Gasteiger partial charge < -0.3 is 125 Å². The number of thioether (sulfide) groups is 1. The van der Waals surface area contributed by atoms with Gasteiger partial charge in [-0.25, -0.2) is 4.98 Å². The van der Waals surface area contributed by atoms with Crippen LogP contribution in [-0.2, 0) is 107 Å². The Morgan fingerprint density at radius 3 is 1.69 bits per heavy atom. The predicted octanol–water partition coefficient (Wildman–Crippen LogP) is -3.80. The van der Waals surface area contributed by atoms with E-state index in [2.05, 4.69) is 78.4 Å². The fourth-order valence-electron chi connectivity index (χ4n) is 15.4. The fourth-order valence-corrected chi connectivity index (χ4v) is 16.3. The Labute approximate surface area is 760 Å². The summed E-state index contributed by atoms with van der Waals surface area (Å²) in [6.45, 7) is 3.33. The van der Waals surface area contributed by atoms with Crippen molar-refractivity contribution < 1.29 is 91.7 Å². The third kappa shape index (κ3) is 29.5. The molecule has 6 aromatic rings. The van der Waals surface area contributed by atoms with E-state index in [0.717, 1.165) is 43.3 Å². The Bertz CT molecular complexity index is 5030. The smallest absolute Gasteiger partial charge is 0.248 e. The number of rotatable bonds is 25. The number of fused-ring (bicyclic) bond motifs is 3. The summed E-state index contributed by atoms with van der Waals surface area (Å²) in [5.74, 6) is -17.7. The molecule has 14 atom stereocenters. The Hall–Kier alpha value is -13.5. The van der Waals surface area contributed by atoms with Gasteiger partial charge in [0.1, 0.15) is 78.5 Å². The van der Waals surface area contributed by atoms with Crippen molar-refractivity contribution in [3.05, 3.63) is 126 Å². The van der Waals surface area contributed by atoms with Gasteiger partial charge in [0.25, 0.3) is 0 Å². The number of H-pyrrole nitrogens is 3. The van der Waals surface area contributed by atoms with E-state index in [1.165, 1.54) is 47.5 Å². The monoisotopic (exact) mass is 1840 g/mol. The number of amides is 17. The third-order valence-electron chi connectivity index (χ3n) is 22.9. The van der Waals surface area contributed by atoms with Gasteiger partial charge in [-0.1, -0.05) is 106 Å². The molecule has 2 fully saturated rings. The molecule has 0 saturated carbocycles. The van der Waals surface area contributed by atoms with Gasteiger partial charge in [0.15, 0.2) is 5.96 Å². The molecule has 1 unspecified atom stereocenters. The number of carbonyl (C=O) groups is 17. The van der Waals surface area contributed by atoms with Crippen LogP contribution in [-0.4, -0.2) is 318 Å². The molecule has 8 rings (SSSR count). The normalized spacial score (nSPS) is 23.8. The maximum atomic E-state index is 15.7. The zero-order valence-corrected chi connectivity index (χ0v) is 75.4. The van der Waals surface area contributed by atoms with Crippen LogP contribution in [0.1, 0.15) is 121 Å². The Balaban J connectivity index is 1.18. The highest BCUT2D eigenvalue weighted by Gasteiger charge is 2.44. The fraction of sp³-hybridized carbons (Fsp3) is 0.506. The first-order valence-electron chi connectivity index (χ1n) is 43.4. The maximum Gasteiger partial charge on any atom is 0.248 e. The molecular weight excluding hydrogens is 1720 g/mol. The molecule has 23 N–H and O–H groups in total. The Kier molecular flexibility index (Phi) is 39.2. The molecule has 2 saturated heterocycles. The first-order chi connectivity index (χ1) is 62.4. The highest BCUT2D eigenvalue weighted by Crippen LogP contribution is 2.26. The number of hydrogen-bond donors (Lipinski definition) is 20. The second-order valence-electron chi connectivity index (χ2n) is 32.7. The van der Waals surface area contributed by atoms with E-state index in [0.29, 0.717) is 64.2 Å². The predicted molar refractivity (Wildman–Crippen MR) is 482 cm³/mol. The van der Waals surface area contributed by atoms with E-state index in [1.54, 1.807) is 91.3 Å². The number of hydrogen-bond acceptors (Lipinski definition) is 22. The third-order valence-corrected chi connectivity index (χ3v) is 23.9. The minimum Gasteiger partial charge on any atom is -0.394 e. The average molecular weight is 1840 g/mol. The van der Waals surface area contributed by atoms with Crippen molar-refractivity contribution in [3.8, 4) is 0 Å². The van der Waals surface area contributed by atoms with E-state index in [9.17, 15) is 67.7 Å². The number of para-hydroxylation sites is 2. The molecule has 5 heterocycles. The van der Waals surface area contributed by atoms with Crippen LogP contribution in [0.3, 0.4) is 0 Å². The van der Waals surface area contributed by atoms with Crippen LogP contribution >= 0.6 is 11.8 Å². The summed E-state index contributed by atoms with van der Waals surface area (Å²) in [7, 11) is 5.09. The van der Waals surface area contributed by atoms with E-state index >= 15 is 24.0 Å². The van der Waals surface area contributed by atoms with Gasteiger partial charge in [0, 0.05) is 119 Å². The highest BCUT2D eigenvalue weighted by molar-refractivity contribution is 8.00. The van der Waals surface area contributed by atoms with E-state index in [1.807, 2.05) is 13.8 Å². The van der Waals surface area contributed by atoms with E-state index < -0.39 is 229 Å². The lowest BCUT2D eigenvalue weighted by Gasteiger charge is -2.36. The van der Waals surface area contributed by atoms with Crippen LogP contribution < -0.4 is 75.7 Å². The lowest BCUT2D eigenvalue weighted by molar-refractivity contribution is -0.149. The van der Waals surface area contributed by atoms with Crippen LogP contribution in [0, 0.1) is 5.41 Å². The van der Waals surface area contributed by atoms with Gasteiger partial charge in [0.05, 0.1) is 44.3 Å². The first-order valence-corrected chi connectivity index (χ1v) is 44.6. The number of primary amides is 2. The van der Waals surface area contributed by atoms with Crippen molar-refractivity contribution in [2.24, 2.45) is 17.2 Å². The molecule has 710 valence electrons. The number of nitrogens with two attached hydrogens (primary N) is 3. The molecule has 3 aromatic heterocycles. The molecule has 44 heteroatoms. The van der Waals surface area contributed by atoms with Crippen LogP contribution in [0.15, 0.2) is 104 Å². The molecule has 0 radical (unpaired) electrons. The summed E-state index contributed by atoms with van der Waals surface area (Å²) in [5.41, 5.74) is 19.8. The molecule has 0 aliphatic carbocycles. The van der Waals surface area contributed by atoms with Gasteiger partial charge in [-0.3, -0.25) is 86.9 Å². The minimum atomic E-state index is -1.88. The number of likely N-dealkylation sites (N-methyl/N-ethyl adjacent to an activating group) is 4. The number of benzene rings is 3. The number of nitrogens with one attached hydrogen (secondary N) is 15. The van der Waals surface area contributed by atoms with Gasteiger partial charge in [-0.05, 0) is 81.2 Å². The first kappa shape index (κ1) is 103. The van der Waals surface area contributed by atoms with Gasteiger partial charge in [-0.2, -0.15) is 0 Å². The molecule has 0 bridgehead atoms. The number of guanidine groups is 1. The standard InChI is InChI=1S/C87H122N24O19S/c1-9-11-29-66-80(124)100-58(28-20-32-93-87(90)91)76(120)105-65(75(119)96-42-70(89)115)45-131-46-72(117)99-61(34-50-22-14-13-15-23-50)82(126)108(6)48(3)74(118)102-63(38-69(88)114)84(128)111-33-21-31-67(111)81(125)101-60(37-53-41-92-47-97-53)78(122)106-73(49(4)113)86(130)107(5)43-71(116)98-59(35-51-39-94-56-26-18-16-24-54(51)56)77(121)104-64(44-112)79(123)103-62(36-52-40-95-57-27-19-17-25-55(52)57)83(127)110(8)68(30-12-10-2)85(129)109(66)7/h13-19,22-27,39-41,47-49,58-68,73,94-95,112-113H,9-12,20-21,28-38,42-46H2,1-8H3,(H2,88,114)(H2,89,115)(H,92,97)(H,96,119)(H,98,116)(H,99,117)(H,100,124)(H,101,125)(H,102,118)(H,103,123)(H,104,121)(H,105,120)(H,106,122)(H4,90,91,93)/t48-,49?,58-,59-,60-,61-,62-,63-,64-,65-,66-,67-,68-,73-/m0/s1. The molecule has 0 spiro atoms. The number of aromatic amines is 3. The number of imidazole rings is 1. The largest absolute Gasteiger partial charge is 0.394 e.